The highest BCUT2D eigenvalue weighted by Crippen LogP contribution is 2.17. The first-order valence-corrected chi connectivity index (χ1v) is 3.59. The van der Waals surface area contributed by atoms with Crippen molar-refractivity contribution in [1.82, 2.24) is 0 Å². The van der Waals surface area contributed by atoms with Crippen LogP contribution in [0.1, 0.15) is 0 Å². The van der Waals surface area contributed by atoms with Crippen LogP contribution >= 0.6 is 20.6 Å². The first-order valence-electron chi connectivity index (χ1n) is 2.20. The number of hydrogen-bond acceptors (Lipinski definition) is 3. The molecule has 1 atom stereocenters. The second-order valence-corrected chi connectivity index (χ2v) is 3.57. The lowest BCUT2D eigenvalue weighted by atomic mass is 10.6. The summed E-state index contributed by atoms with van der Waals surface area (Å²) < 4.78 is 0.890. The number of nitro groups is 1. The molecule has 1 heterocycles. The summed E-state index contributed by atoms with van der Waals surface area (Å²) in [6.07, 6.45) is 0. The van der Waals surface area contributed by atoms with Gasteiger partial charge < -0.3 is 0 Å². The molecule has 1 aromatic rings. The number of hydrogen-bond donors (Lipinski definition) is 0. The third-order valence-corrected chi connectivity index (χ3v) is 2.20. The molecule has 0 aliphatic carbocycles. The Morgan fingerprint density at radius 3 is 2.56 bits per heavy atom. The maximum Gasteiger partial charge on any atom is 0.324 e. The van der Waals surface area contributed by atoms with Gasteiger partial charge in [0.1, 0.15) is 0 Å². The first-order chi connectivity index (χ1) is 4.20. The monoisotopic (exact) mass is 161 g/mol. The normalized spacial score (nSPS) is 9.44. The lowest BCUT2D eigenvalue weighted by molar-refractivity contribution is -0.380. The molecular weight excluding hydrogens is 157 g/mol. The van der Waals surface area contributed by atoms with Crippen molar-refractivity contribution in [3.05, 3.63) is 22.2 Å². The fourth-order valence-corrected chi connectivity index (χ4v) is 1.49. The van der Waals surface area contributed by atoms with Crippen LogP contribution in [0.2, 0.25) is 0 Å². The summed E-state index contributed by atoms with van der Waals surface area (Å²) in [7, 11) is 2.41. The second-order valence-electron chi connectivity index (χ2n) is 1.43. The molecule has 0 fully saturated rings. The quantitative estimate of drug-likeness (QED) is 0.352. The minimum atomic E-state index is -0.391. The Bertz CT molecular complexity index is 234. The summed E-state index contributed by atoms with van der Waals surface area (Å²) in [5, 5.41) is 10.2. The standard InChI is InChI=1S/C4H4NO2PS/c6-5(7)3-1-2-4(8)9-3/h1-2H,8H2. The van der Waals surface area contributed by atoms with Crippen molar-refractivity contribution in [1.29, 1.82) is 0 Å². The van der Waals surface area contributed by atoms with Gasteiger partial charge in [-0.2, -0.15) is 0 Å². The van der Waals surface area contributed by atoms with Gasteiger partial charge in [0.15, 0.2) is 0 Å². The Morgan fingerprint density at radius 1 is 1.67 bits per heavy atom. The highest BCUT2D eigenvalue weighted by atomic mass is 32.1. The fourth-order valence-electron chi connectivity index (χ4n) is 0.440. The van der Waals surface area contributed by atoms with Crippen LogP contribution < -0.4 is 4.62 Å². The van der Waals surface area contributed by atoms with Gasteiger partial charge in [-0.25, -0.2) is 0 Å². The van der Waals surface area contributed by atoms with Gasteiger partial charge in [-0.1, -0.05) is 20.6 Å². The molecule has 0 bridgehead atoms. The van der Waals surface area contributed by atoms with Crippen LogP contribution in [0.25, 0.3) is 0 Å². The van der Waals surface area contributed by atoms with Crippen LogP contribution in [0.3, 0.4) is 0 Å². The van der Waals surface area contributed by atoms with Crippen molar-refractivity contribution in [2.75, 3.05) is 0 Å². The van der Waals surface area contributed by atoms with E-state index in [0.717, 1.165) is 16.0 Å². The summed E-state index contributed by atoms with van der Waals surface area (Å²) in [6, 6.07) is 3.19. The van der Waals surface area contributed by atoms with Crippen molar-refractivity contribution < 1.29 is 4.92 Å². The zero-order valence-electron chi connectivity index (χ0n) is 4.40. The van der Waals surface area contributed by atoms with Crippen LogP contribution in [-0.2, 0) is 0 Å². The van der Waals surface area contributed by atoms with E-state index in [2.05, 4.69) is 9.24 Å². The Balaban J connectivity index is 2.98. The largest absolute Gasteiger partial charge is 0.324 e. The Kier molecular flexibility index (Phi) is 1.78. The van der Waals surface area contributed by atoms with Crippen LogP contribution in [0, 0.1) is 10.1 Å². The SMILES string of the molecule is O=[N+]([O-])c1ccc(P)s1. The smallest absolute Gasteiger partial charge is 0.258 e. The van der Waals surface area contributed by atoms with Crippen molar-refractivity contribution in [2.45, 2.75) is 0 Å². The summed E-state index contributed by atoms with van der Waals surface area (Å²) in [6.45, 7) is 0. The maximum absolute atomic E-state index is 10.0. The van der Waals surface area contributed by atoms with Gasteiger partial charge in [-0.3, -0.25) is 10.1 Å². The Labute approximate surface area is 58.1 Å². The molecule has 3 nitrogen and oxygen atoms in total. The highest BCUT2D eigenvalue weighted by molar-refractivity contribution is 7.44. The van der Waals surface area contributed by atoms with Crippen molar-refractivity contribution >= 4 is 30.2 Å². The third kappa shape index (κ3) is 1.47. The van der Waals surface area contributed by atoms with E-state index in [1.54, 1.807) is 6.07 Å². The average Bonchev–Trinajstić information content (AvgIpc) is 2.14. The van der Waals surface area contributed by atoms with Crippen LogP contribution in [0.5, 0.6) is 0 Å². The Hall–Kier alpha value is -0.470. The molecule has 5 heteroatoms. The van der Waals surface area contributed by atoms with Crippen LogP contribution in [0.15, 0.2) is 12.1 Å². The summed E-state index contributed by atoms with van der Waals surface area (Å²) >= 11 is 1.16. The lowest BCUT2D eigenvalue weighted by Crippen LogP contribution is -1.81. The Morgan fingerprint density at radius 2 is 2.33 bits per heavy atom. The van der Waals surface area contributed by atoms with Crippen LogP contribution in [0.4, 0.5) is 5.00 Å². The highest BCUT2D eigenvalue weighted by Gasteiger charge is 2.05. The van der Waals surface area contributed by atoms with E-state index < -0.39 is 4.92 Å². The minimum Gasteiger partial charge on any atom is -0.258 e. The molecule has 0 radical (unpaired) electrons. The van der Waals surface area contributed by atoms with Crippen molar-refractivity contribution in [2.24, 2.45) is 0 Å². The van der Waals surface area contributed by atoms with Gasteiger partial charge in [0.05, 0.1) is 4.92 Å². The minimum absolute atomic E-state index is 0.194. The number of rotatable bonds is 1. The van der Waals surface area contributed by atoms with Crippen molar-refractivity contribution in [3.8, 4) is 0 Å². The predicted octanol–water partition coefficient (Wildman–Crippen LogP) is 1.16. The molecule has 0 saturated carbocycles. The van der Waals surface area contributed by atoms with Gasteiger partial charge in [-0.05, 0) is 6.07 Å². The van der Waals surface area contributed by atoms with Gasteiger partial charge in [0, 0.05) is 10.7 Å². The fraction of sp³-hybridized carbons (Fsp3) is 0. The van der Waals surface area contributed by atoms with E-state index in [1.165, 1.54) is 6.07 Å². The molecule has 9 heavy (non-hydrogen) atoms. The van der Waals surface area contributed by atoms with E-state index in [-0.39, 0.29) is 5.00 Å². The summed E-state index contributed by atoms with van der Waals surface area (Å²) in [4.78, 5) is 9.63. The van der Waals surface area contributed by atoms with E-state index >= 15 is 0 Å². The van der Waals surface area contributed by atoms with E-state index in [0.29, 0.717) is 0 Å². The molecule has 0 aromatic carbocycles. The van der Waals surface area contributed by atoms with Crippen molar-refractivity contribution in [3.63, 3.8) is 0 Å². The molecule has 1 unspecified atom stereocenters. The van der Waals surface area contributed by atoms with Gasteiger partial charge in [0.2, 0.25) is 0 Å². The molecule has 0 N–H and O–H groups in total. The van der Waals surface area contributed by atoms with E-state index in [1.807, 2.05) is 0 Å². The van der Waals surface area contributed by atoms with Crippen LogP contribution in [-0.4, -0.2) is 4.92 Å². The average molecular weight is 161 g/mol. The second kappa shape index (κ2) is 2.42. The first kappa shape index (κ1) is 6.65. The van der Waals surface area contributed by atoms with E-state index in [9.17, 15) is 10.1 Å². The molecular formula is C4H4NO2PS. The molecule has 0 aliphatic rings. The molecule has 1 rings (SSSR count). The number of nitrogens with zero attached hydrogens (tertiary/aromatic N) is 1. The number of thiophene rings is 1. The van der Waals surface area contributed by atoms with E-state index in [4.69, 9.17) is 0 Å². The predicted molar refractivity (Wildman–Crippen MR) is 40.3 cm³/mol. The summed E-state index contributed by atoms with van der Waals surface area (Å²) in [5.41, 5.74) is 0. The summed E-state index contributed by atoms with van der Waals surface area (Å²) in [5.74, 6) is 0. The molecule has 0 saturated heterocycles. The van der Waals surface area contributed by atoms with Gasteiger partial charge in [0.25, 0.3) is 0 Å². The van der Waals surface area contributed by atoms with Gasteiger partial charge >= 0.3 is 5.00 Å². The molecule has 0 amide bonds. The zero-order valence-corrected chi connectivity index (χ0v) is 6.38. The van der Waals surface area contributed by atoms with Gasteiger partial charge in [-0.15, -0.1) is 0 Å². The molecule has 0 spiro atoms. The lowest BCUT2D eigenvalue weighted by Gasteiger charge is -1.78. The third-order valence-electron chi connectivity index (χ3n) is 0.793. The zero-order chi connectivity index (χ0) is 6.85. The topological polar surface area (TPSA) is 43.1 Å². The molecule has 48 valence electrons. The maximum atomic E-state index is 10.0. The molecule has 1 aromatic heterocycles. The molecule has 0 aliphatic heterocycles.